The van der Waals surface area contributed by atoms with Crippen LogP contribution in [0.15, 0.2) is 114 Å². The Morgan fingerprint density at radius 1 is 0.707 bits per heavy atom. The van der Waals surface area contributed by atoms with Gasteiger partial charge in [-0.1, -0.05) is 42.5 Å². The van der Waals surface area contributed by atoms with Gasteiger partial charge in [0.25, 0.3) is 11.8 Å². The summed E-state index contributed by atoms with van der Waals surface area (Å²) in [5.74, 6) is -0.875. The summed E-state index contributed by atoms with van der Waals surface area (Å²) in [5, 5.41) is 8.40. The van der Waals surface area contributed by atoms with Gasteiger partial charge in [-0.05, 0) is 91.7 Å². The number of rotatable bonds is 10. The highest BCUT2D eigenvalue weighted by Crippen LogP contribution is 2.22. The third kappa shape index (κ3) is 8.52. The number of hydrogen-bond acceptors (Lipinski definition) is 5. The summed E-state index contributed by atoms with van der Waals surface area (Å²) < 4.78 is 0. The van der Waals surface area contributed by atoms with Crippen LogP contribution in [-0.4, -0.2) is 29.3 Å². The number of aryl methyl sites for hydroxylation is 1. The van der Waals surface area contributed by atoms with Crippen LogP contribution in [0, 0.1) is 6.92 Å². The standard InChI is InChI=1S/C33H29N3O4S/c1-22-8-6-7-11-26(22)20-30(36-32(39)25-9-4-3-5-10-25)33(40)35-28-16-18-29(19-17-28)41-21-31(38)34-27-14-12-24(13-15-27)23(2)37/h3-20H,21H2,1-2H3,(H,34,38)(H,35,40)(H,36,39)/b30-20-. The molecule has 0 saturated heterocycles. The van der Waals surface area contributed by atoms with Crippen LogP contribution in [-0.2, 0) is 9.59 Å². The van der Waals surface area contributed by atoms with Gasteiger partial charge in [0.1, 0.15) is 5.70 Å². The van der Waals surface area contributed by atoms with Crippen molar-refractivity contribution in [2.45, 2.75) is 18.7 Å². The number of thioether (sulfide) groups is 1. The maximum atomic E-state index is 13.3. The molecule has 3 amide bonds. The zero-order valence-corrected chi connectivity index (χ0v) is 23.5. The predicted octanol–water partition coefficient (Wildman–Crippen LogP) is 6.34. The molecule has 0 fully saturated rings. The Morgan fingerprint density at radius 2 is 1.32 bits per heavy atom. The maximum absolute atomic E-state index is 13.3. The number of carbonyl (C=O) groups is 4. The van der Waals surface area contributed by atoms with Crippen molar-refractivity contribution in [2.75, 3.05) is 16.4 Å². The van der Waals surface area contributed by atoms with Crippen LogP contribution >= 0.6 is 11.8 Å². The molecule has 0 aliphatic rings. The van der Waals surface area contributed by atoms with Crippen molar-refractivity contribution < 1.29 is 19.2 Å². The number of Topliss-reactive ketones (excluding diaryl/α,β-unsaturated/α-hetero) is 1. The van der Waals surface area contributed by atoms with Gasteiger partial charge in [-0.15, -0.1) is 11.8 Å². The summed E-state index contributed by atoms with van der Waals surface area (Å²) in [6.07, 6.45) is 1.65. The van der Waals surface area contributed by atoms with Crippen molar-refractivity contribution in [1.29, 1.82) is 0 Å². The van der Waals surface area contributed by atoms with Crippen LogP contribution < -0.4 is 16.0 Å². The van der Waals surface area contributed by atoms with E-state index in [2.05, 4.69) is 16.0 Å². The Kier molecular flexibility index (Phi) is 9.85. The molecule has 0 radical (unpaired) electrons. The molecule has 0 aliphatic carbocycles. The number of amides is 3. The molecule has 0 saturated carbocycles. The van der Waals surface area contributed by atoms with E-state index in [1.165, 1.54) is 18.7 Å². The Hall–Kier alpha value is -4.95. The van der Waals surface area contributed by atoms with Gasteiger partial charge in [-0.25, -0.2) is 0 Å². The van der Waals surface area contributed by atoms with Crippen LogP contribution in [0.2, 0.25) is 0 Å². The average molecular weight is 564 g/mol. The summed E-state index contributed by atoms with van der Waals surface area (Å²) in [4.78, 5) is 50.7. The van der Waals surface area contributed by atoms with E-state index in [9.17, 15) is 19.2 Å². The van der Waals surface area contributed by atoms with Crippen molar-refractivity contribution in [3.63, 3.8) is 0 Å². The molecule has 0 unspecified atom stereocenters. The Labute approximate surface area is 243 Å². The predicted molar refractivity (Wildman–Crippen MR) is 164 cm³/mol. The summed E-state index contributed by atoms with van der Waals surface area (Å²) in [7, 11) is 0. The first-order valence-corrected chi connectivity index (χ1v) is 13.9. The molecule has 41 heavy (non-hydrogen) atoms. The number of anilines is 2. The summed E-state index contributed by atoms with van der Waals surface area (Å²) >= 11 is 1.35. The number of benzene rings is 4. The SMILES string of the molecule is CC(=O)c1ccc(NC(=O)CSc2ccc(NC(=O)/C(=C/c3ccccc3C)NC(=O)c3ccccc3)cc2)cc1. The molecule has 0 aliphatic heterocycles. The molecule has 0 aromatic heterocycles. The fraction of sp³-hybridized carbons (Fsp3) is 0.0909. The van der Waals surface area contributed by atoms with E-state index in [1.54, 1.807) is 66.7 Å². The summed E-state index contributed by atoms with van der Waals surface area (Å²) in [6, 6.07) is 30.1. The third-order valence-corrected chi connectivity index (χ3v) is 7.09. The number of hydrogen-bond donors (Lipinski definition) is 3. The second kappa shape index (κ2) is 13.9. The Bertz CT molecular complexity index is 1580. The van der Waals surface area contributed by atoms with Gasteiger partial charge in [0.05, 0.1) is 5.75 Å². The molecule has 0 bridgehead atoms. The quantitative estimate of drug-likeness (QED) is 0.119. The zero-order valence-electron chi connectivity index (χ0n) is 22.6. The van der Waals surface area contributed by atoms with Crippen molar-refractivity contribution in [3.05, 3.63) is 131 Å². The fourth-order valence-electron chi connectivity index (χ4n) is 3.81. The highest BCUT2D eigenvalue weighted by atomic mass is 32.2. The molecule has 4 aromatic carbocycles. The highest BCUT2D eigenvalue weighted by Gasteiger charge is 2.16. The van der Waals surface area contributed by atoms with Crippen LogP contribution in [0.3, 0.4) is 0 Å². The monoisotopic (exact) mass is 563 g/mol. The maximum Gasteiger partial charge on any atom is 0.272 e. The van der Waals surface area contributed by atoms with Crippen molar-refractivity contribution in [2.24, 2.45) is 0 Å². The minimum absolute atomic E-state index is 0.0338. The Morgan fingerprint density at radius 3 is 1.98 bits per heavy atom. The van der Waals surface area contributed by atoms with E-state index in [4.69, 9.17) is 0 Å². The third-order valence-electron chi connectivity index (χ3n) is 6.07. The lowest BCUT2D eigenvalue weighted by Crippen LogP contribution is -2.30. The highest BCUT2D eigenvalue weighted by molar-refractivity contribution is 8.00. The smallest absolute Gasteiger partial charge is 0.272 e. The molecule has 0 atom stereocenters. The van der Waals surface area contributed by atoms with E-state index >= 15 is 0 Å². The van der Waals surface area contributed by atoms with E-state index in [0.717, 1.165) is 16.0 Å². The number of nitrogens with one attached hydrogen (secondary N) is 3. The van der Waals surface area contributed by atoms with E-state index in [1.807, 2.05) is 49.4 Å². The van der Waals surface area contributed by atoms with Crippen LogP contribution in [0.4, 0.5) is 11.4 Å². The fourth-order valence-corrected chi connectivity index (χ4v) is 4.51. The molecule has 3 N–H and O–H groups in total. The molecule has 7 nitrogen and oxygen atoms in total. The van der Waals surface area contributed by atoms with Gasteiger partial charge in [-0.2, -0.15) is 0 Å². The zero-order chi connectivity index (χ0) is 29.2. The molecular weight excluding hydrogens is 534 g/mol. The molecule has 0 spiro atoms. The summed E-state index contributed by atoms with van der Waals surface area (Å²) in [5.41, 5.74) is 4.07. The van der Waals surface area contributed by atoms with E-state index in [0.29, 0.717) is 22.5 Å². The lowest BCUT2D eigenvalue weighted by molar-refractivity contribution is -0.114. The van der Waals surface area contributed by atoms with Crippen molar-refractivity contribution >= 4 is 52.7 Å². The van der Waals surface area contributed by atoms with Crippen LogP contribution in [0.25, 0.3) is 6.08 Å². The van der Waals surface area contributed by atoms with Crippen molar-refractivity contribution in [1.82, 2.24) is 5.32 Å². The van der Waals surface area contributed by atoms with Crippen LogP contribution in [0.5, 0.6) is 0 Å². The molecule has 0 heterocycles. The van der Waals surface area contributed by atoms with E-state index in [-0.39, 0.29) is 29.0 Å². The second-order valence-corrected chi connectivity index (χ2v) is 10.2. The van der Waals surface area contributed by atoms with Gasteiger partial charge in [0, 0.05) is 27.4 Å². The molecule has 4 rings (SSSR count). The number of ketones is 1. The van der Waals surface area contributed by atoms with Crippen molar-refractivity contribution in [3.8, 4) is 0 Å². The van der Waals surface area contributed by atoms with E-state index < -0.39 is 5.91 Å². The minimum atomic E-state index is -0.465. The molecule has 8 heteroatoms. The topological polar surface area (TPSA) is 104 Å². The second-order valence-electron chi connectivity index (χ2n) is 9.18. The largest absolute Gasteiger partial charge is 0.325 e. The van der Waals surface area contributed by atoms with Gasteiger partial charge < -0.3 is 16.0 Å². The lowest BCUT2D eigenvalue weighted by Gasteiger charge is -2.12. The first kappa shape index (κ1) is 29.0. The molecular formula is C33H29N3O4S. The van der Waals surface area contributed by atoms with Crippen LogP contribution in [0.1, 0.15) is 38.8 Å². The van der Waals surface area contributed by atoms with Gasteiger partial charge in [0.15, 0.2) is 5.78 Å². The molecule has 206 valence electrons. The first-order valence-electron chi connectivity index (χ1n) is 12.9. The minimum Gasteiger partial charge on any atom is -0.325 e. The Balaban J connectivity index is 1.38. The summed E-state index contributed by atoms with van der Waals surface area (Å²) in [6.45, 7) is 3.42. The molecule has 4 aromatic rings. The number of carbonyl (C=O) groups excluding carboxylic acids is 4. The van der Waals surface area contributed by atoms with Gasteiger partial charge in [0.2, 0.25) is 5.91 Å². The lowest BCUT2D eigenvalue weighted by atomic mass is 10.1. The average Bonchev–Trinajstić information content (AvgIpc) is 2.98. The normalized spacial score (nSPS) is 10.9. The van der Waals surface area contributed by atoms with Gasteiger partial charge in [-0.3, -0.25) is 19.2 Å². The first-order chi connectivity index (χ1) is 19.8. The van der Waals surface area contributed by atoms with Gasteiger partial charge >= 0.3 is 0 Å².